The fraction of sp³-hybridized carbons (Fsp3) is 0.400. The van der Waals surface area contributed by atoms with Gasteiger partial charge in [-0.25, -0.2) is 8.42 Å². The SMILES string of the molecule is COc1cc(C)cc(CS(=O)(=O)Cl)c1OC. The number of halogens is 1. The third-order valence-corrected chi connectivity index (χ3v) is 3.01. The highest BCUT2D eigenvalue weighted by molar-refractivity contribution is 8.13. The van der Waals surface area contributed by atoms with Gasteiger partial charge in [0.05, 0.1) is 20.0 Å². The highest BCUT2D eigenvalue weighted by atomic mass is 35.7. The van der Waals surface area contributed by atoms with Crippen molar-refractivity contribution in [2.75, 3.05) is 14.2 Å². The van der Waals surface area contributed by atoms with Gasteiger partial charge in [-0.15, -0.1) is 0 Å². The number of aryl methyl sites for hydroxylation is 1. The van der Waals surface area contributed by atoms with E-state index in [9.17, 15) is 8.42 Å². The second-order valence-corrected chi connectivity index (χ2v) is 6.12. The van der Waals surface area contributed by atoms with Gasteiger partial charge in [-0.2, -0.15) is 0 Å². The van der Waals surface area contributed by atoms with Crippen molar-refractivity contribution in [3.63, 3.8) is 0 Å². The Labute approximate surface area is 99.6 Å². The van der Waals surface area contributed by atoms with Crippen molar-refractivity contribution in [1.82, 2.24) is 0 Å². The molecular weight excluding hydrogens is 252 g/mol. The van der Waals surface area contributed by atoms with E-state index in [0.717, 1.165) is 5.56 Å². The predicted octanol–water partition coefficient (Wildman–Crippen LogP) is 2.08. The Balaban J connectivity index is 3.31. The van der Waals surface area contributed by atoms with Gasteiger partial charge in [-0.3, -0.25) is 0 Å². The normalized spacial score (nSPS) is 11.2. The molecule has 0 saturated heterocycles. The summed E-state index contributed by atoms with van der Waals surface area (Å²) in [6.45, 7) is 1.84. The quantitative estimate of drug-likeness (QED) is 0.782. The molecule has 0 atom stereocenters. The lowest BCUT2D eigenvalue weighted by Gasteiger charge is -2.12. The highest BCUT2D eigenvalue weighted by Crippen LogP contribution is 2.33. The lowest BCUT2D eigenvalue weighted by Crippen LogP contribution is -2.01. The molecule has 1 rings (SSSR count). The zero-order valence-electron chi connectivity index (χ0n) is 9.28. The summed E-state index contributed by atoms with van der Waals surface area (Å²) in [6, 6.07) is 3.48. The van der Waals surface area contributed by atoms with Gasteiger partial charge in [0.2, 0.25) is 9.05 Å². The lowest BCUT2D eigenvalue weighted by atomic mass is 10.1. The minimum atomic E-state index is -3.61. The maximum atomic E-state index is 11.0. The molecule has 0 radical (unpaired) electrons. The van der Waals surface area contributed by atoms with Crippen LogP contribution in [0.4, 0.5) is 0 Å². The molecule has 0 aromatic heterocycles. The molecule has 0 amide bonds. The third-order valence-electron chi connectivity index (χ3n) is 2.03. The van der Waals surface area contributed by atoms with Crippen LogP contribution in [-0.4, -0.2) is 22.6 Å². The maximum absolute atomic E-state index is 11.0. The van der Waals surface area contributed by atoms with Gasteiger partial charge in [-0.1, -0.05) is 6.07 Å². The van der Waals surface area contributed by atoms with Crippen molar-refractivity contribution < 1.29 is 17.9 Å². The molecule has 0 bridgehead atoms. The van der Waals surface area contributed by atoms with Crippen LogP contribution in [0, 0.1) is 6.92 Å². The molecular formula is C10H13ClO4S. The number of hydrogen-bond acceptors (Lipinski definition) is 4. The van der Waals surface area contributed by atoms with Crippen LogP contribution in [0.25, 0.3) is 0 Å². The molecule has 1 aromatic rings. The van der Waals surface area contributed by atoms with E-state index in [-0.39, 0.29) is 5.75 Å². The molecule has 0 aliphatic rings. The molecule has 90 valence electrons. The van der Waals surface area contributed by atoms with Crippen molar-refractivity contribution in [2.24, 2.45) is 0 Å². The topological polar surface area (TPSA) is 52.6 Å². The zero-order chi connectivity index (χ0) is 12.3. The van der Waals surface area contributed by atoms with Crippen molar-refractivity contribution in [3.8, 4) is 11.5 Å². The number of rotatable bonds is 4. The Kier molecular flexibility index (Phi) is 4.04. The molecule has 0 aliphatic heterocycles. The van der Waals surface area contributed by atoms with Crippen molar-refractivity contribution >= 4 is 19.7 Å². The van der Waals surface area contributed by atoms with Crippen LogP contribution in [0.15, 0.2) is 12.1 Å². The van der Waals surface area contributed by atoms with Crippen molar-refractivity contribution in [2.45, 2.75) is 12.7 Å². The largest absolute Gasteiger partial charge is 0.493 e. The second kappa shape index (κ2) is 4.93. The van der Waals surface area contributed by atoms with E-state index in [4.69, 9.17) is 20.2 Å². The van der Waals surface area contributed by atoms with Crippen LogP contribution in [0.2, 0.25) is 0 Å². The molecule has 16 heavy (non-hydrogen) atoms. The summed E-state index contributed by atoms with van der Waals surface area (Å²) in [5.41, 5.74) is 1.38. The van der Waals surface area contributed by atoms with Gasteiger partial charge in [0.1, 0.15) is 0 Å². The van der Waals surface area contributed by atoms with Crippen LogP contribution in [0.1, 0.15) is 11.1 Å². The standard InChI is InChI=1S/C10H13ClO4S/c1-7-4-8(6-16(11,12)13)10(15-3)9(5-7)14-2/h4-5H,6H2,1-3H3. The summed E-state index contributed by atoms with van der Waals surface area (Å²) in [5.74, 6) is 0.616. The highest BCUT2D eigenvalue weighted by Gasteiger charge is 2.16. The first-order chi connectivity index (χ1) is 7.37. The molecule has 0 saturated carbocycles. The second-order valence-electron chi connectivity index (χ2n) is 3.34. The Morgan fingerprint density at radius 3 is 2.31 bits per heavy atom. The molecule has 6 heteroatoms. The summed E-state index contributed by atoms with van der Waals surface area (Å²) < 4.78 is 32.3. The average Bonchev–Trinajstić information content (AvgIpc) is 2.14. The fourth-order valence-corrected chi connectivity index (χ4v) is 2.43. The summed E-state index contributed by atoms with van der Waals surface area (Å²) in [7, 11) is 4.56. The van der Waals surface area contributed by atoms with E-state index in [0.29, 0.717) is 17.1 Å². The maximum Gasteiger partial charge on any atom is 0.236 e. The van der Waals surface area contributed by atoms with E-state index in [1.165, 1.54) is 14.2 Å². The molecule has 0 fully saturated rings. The average molecular weight is 265 g/mol. The van der Waals surface area contributed by atoms with Crippen LogP contribution in [0.3, 0.4) is 0 Å². The van der Waals surface area contributed by atoms with Crippen molar-refractivity contribution in [3.05, 3.63) is 23.3 Å². The van der Waals surface area contributed by atoms with Gasteiger partial charge >= 0.3 is 0 Å². The molecule has 1 aromatic carbocycles. The summed E-state index contributed by atoms with van der Waals surface area (Å²) in [4.78, 5) is 0. The predicted molar refractivity (Wildman–Crippen MR) is 62.8 cm³/mol. The van der Waals surface area contributed by atoms with E-state index in [1.54, 1.807) is 12.1 Å². The minimum Gasteiger partial charge on any atom is -0.493 e. The smallest absolute Gasteiger partial charge is 0.236 e. The van der Waals surface area contributed by atoms with Crippen molar-refractivity contribution in [1.29, 1.82) is 0 Å². The summed E-state index contributed by atoms with van der Waals surface area (Å²) >= 11 is 0. The van der Waals surface area contributed by atoms with Gasteiger partial charge < -0.3 is 9.47 Å². The van der Waals surface area contributed by atoms with E-state index in [1.807, 2.05) is 6.92 Å². The molecule has 0 aliphatic carbocycles. The van der Waals surface area contributed by atoms with E-state index < -0.39 is 9.05 Å². The molecule has 0 unspecified atom stereocenters. The summed E-state index contributed by atoms with van der Waals surface area (Å²) in [5, 5.41) is 0. The molecule has 0 N–H and O–H groups in total. The first-order valence-electron chi connectivity index (χ1n) is 4.51. The Hall–Kier alpha value is -0.940. The summed E-state index contributed by atoms with van der Waals surface area (Å²) in [6.07, 6.45) is 0. The number of hydrogen-bond donors (Lipinski definition) is 0. The first-order valence-corrected chi connectivity index (χ1v) is 6.99. The van der Waals surface area contributed by atoms with Gasteiger partial charge in [-0.05, 0) is 18.6 Å². The third kappa shape index (κ3) is 3.28. The monoisotopic (exact) mass is 264 g/mol. The first kappa shape index (κ1) is 13.1. The zero-order valence-corrected chi connectivity index (χ0v) is 10.9. The van der Waals surface area contributed by atoms with E-state index in [2.05, 4.69) is 0 Å². The number of methoxy groups -OCH3 is 2. The van der Waals surface area contributed by atoms with Crippen LogP contribution < -0.4 is 9.47 Å². The van der Waals surface area contributed by atoms with Crippen LogP contribution in [-0.2, 0) is 14.8 Å². The lowest BCUT2D eigenvalue weighted by molar-refractivity contribution is 0.352. The fourth-order valence-electron chi connectivity index (χ4n) is 1.49. The van der Waals surface area contributed by atoms with Crippen LogP contribution >= 0.6 is 10.7 Å². The van der Waals surface area contributed by atoms with E-state index >= 15 is 0 Å². The molecule has 0 heterocycles. The van der Waals surface area contributed by atoms with Gasteiger partial charge in [0.15, 0.2) is 11.5 Å². The Morgan fingerprint density at radius 1 is 1.25 bits per heavy atom. The Bertz CT molecular complexity index is 482. The number of ether oxygens (including phenoxy) is 2. The number of benzene rings is 1. The minimum absolute atomic E-state index is 0.282. The Morgan fingerprint density at radius 2 is 1.88 bits per heavy atom. The van der Waals surface area contributed by atoms with Crippen LogP contribution in [0.5, 0.6) is 11.5 Å². The van der Waals surface area contributed by atoms with Gasteiger partial charge in [0.25, 0.3) is 0 Å². The van der Waals surface area contributed by atoms with Gasteiger partial charge in [0, 0.05) is 16.2 Å². The molecule has 4 nitrogen and oxygen atoms in total. The molecule has 0 spiro atoms.